The Balaban J connectivity index is 1.85. The maximum atomic E-state index is 13.6. The first kappa shape index (κ1) is 24.1. The number of ether oxygens (including phenoxy) is 3. The van der Waals surface area contributed by atoms with Gasteiger partial charge in [-0.1, -0.05) is 42.5 Å². The largest absolute Gasteiger partial charge is 0.497 e. The monoisotopic (exact) mass is 454 g/mol. The maximum absolute atomic E-state index is 13.6. The number of carbonyl (C=O) groups is 3. The molecule has 0 spiro atoms. The molecule has 2 aromatic carbocycles. The first-order chi connectivity index (χ1) is 15.7. The average molecular weight is 455 g/mol. The van der Waals surface area contributed by atoms with Crippen LogP contribution in [0.1, 0.15) is 37.8 Å². The molecule has 1 saturated heterocycles. The molecule has 0 bridgehead atoms. The lowest BCUT2D eigenvalue weighted by atomic mass is 9.96. The molecule has 33 heavy (non-hydrogen) atoms. The van der Waals surface area contributed by atoms with Crippen LogP contribution >= 0.6 is 0 Å². The number of nitrogens with one attached hydrogen (secondary N) is 1. The van der Waals surface area contributed by atoms with Crippen LogP contribution in [-0.4, -0.2) is 54.9 Å². The van der Waals surface area contributed by atoms with Gasteiger partial charge >= 0.3 is 12.2 Å². The maximum Gasteiger partial charge on any atom is 0.417 e. The van der Waals surface area contributed by atoms with Crippen molar-refractivity contribution in [2.24, 2.45) is 0 Å². The number of benzene rings is 2. The number of methoxy groups -OCH3 is 1. The number of hydrogen-bond acceptors (Lipinski definition) is 6. The van der Waals surface area contributed by atoms with Gasteiger partial charge in [-0.25, -0.2) is 14.5 Å². The van der Waals surface area contributed by atoms with E-state index in [4.69, 9.17) is 14.2 Å². The normalized spacial score (nSPS) is 16.7. The fraction of sp³-hybridized carbons (Fsp3) is 0.400. The Bertz CT molecular complexity index is 986. The molecule has 0 aliphatic carbocycles. The van der Waals surface area contributed by atoms with E-state index in [1.807, 2.05) is 30.3 Å². The summed E-state index contributed by atoms with van der Waals surface area (Å²) >= 11 is 0. The van der Waals surface area contributed by atoms with Crippen LogP contribution in [0, 0.1) is 0 Å². The van der Waals surface area contributed by atoms with Gasteiger partial charge in [-0.05, 0) is 50.5 Å². The highest BCUT2D eigenvalue weighted by Gasteiger charge is 2.41. The molecule has 1 fully saturated rings. The Labute approximate surface area is 193 Å². The first-order valence-corrected chi connectivity index (χ1v) is 10.8. The van der Waals surface area contributed by atoms with Gasteiger partial charge in [-0.2, -0.15) is 0 Å². The summed E-state index contributed by atoms with van der Waals surface area (Å²) in [7, 11) is 1.53. The molecule has 8 heteroatoms. The number of imide groups is 1. The summed E-state index contributed by atoms with van der Waals surface area (Å²) in [6, 6.07) is 16.1. The minimum atomic E-state index is -0.837. The lowest BCUT2D eigenvalue weighted by Crippen LogP contribution is -2.46. The van der Waals surface area contributed by atoms with Crippen molar-refractivity contribution in [3.05, 3.63) is 65.7 Å². The second kappa shape index (κ2) is 10.4. The summed E-state index contributed by atoms with van der Waals surface area (Å²) in [5, 5.41) is 2.66. The molecule has 8 nitrogen and oxygen atoms in total. The van der Waals surface area contributed by atoms with E-state index < -0.39 is 35.7 Å². The van der Waals surface area contributed by atoms with Gasteiger partial charge in [0.1, 0.15) is 18.0 Å². The lowest BCUT2D eigenvalue weighted by Gasteiger charge is -2.26. The minimum absolute atomic E-state index is 0.0528. The van der Waals surface area contributed by atoms with Crippen molar-refractivity contribution in [3.63, 3.8) is 0 Å². The molecular formula is C25H30N2O6. The van der Waals surface area contributed by atoms with E-state index in [0.717, 1.165) is 10.5 Å². The number of rotatable bonds is 7. The third-order valence-corrected chi connectivity index (χ3v) is 5.16. The fourth-order valence-corrected chi connectivity index (χ4v) is 3.64. The van der Waals surface area contributed by atoms with Gasteiger partial charge in [0, 0.05) is 6.54 Å². The Morgan fingerprint density at radius 2 is 1.88 bits per heavy atom. The Kier molecular flexibility index (Phi) is 7.58. The molecule has 3 rings (SSSR count). The second-order valence-corrected chi connectivity index (χ2v) is 8.84. The quantitative estimate of drug-likeness (QED) is 0.682. The van der Waals surface area contributed by atoms with E-state index >= 15 is 0 Å². The van der Waals surface area contributed by atoms with Gasteiger partial charge in [0.2, 0.25) is 5.91 Å². The molecule has 2 aromatic rings. The molecule has 0 saturated carbocycles. The van der Waals surface area contributed by atoms with Crippen LogP contribution in [-0.2, 0) is 20.7 Å². The highest BCUT2D eigenvalue weighted by molar-refractivity contribution is 5.97. The van der Waals surface area contributed by atoms with Crippen LogP contribution < -0.4 is 10.1 Å². The third-order valence-electron chi connectivity index (χ3n) is 5.16. The van der Waals surface area contributed by atoms with Crippen molar-refractivity contribution < 1.29 is 28.6 Å². The van der Waals surface area contributed by atoms with Crippen molar-refractivity contribution >= 4 is 18.1 Å². The van der Waals surface area contributed by atoms with Crippen LogP contribution in [0.3, 0.4) is 0 Å². The third kappa shape index (κ3) is 6.47. The Morgan fingerprint density at radius 1 is 1.15 bits per heavy atom. The molecule has 2 atom stereocenters. The van der Waals surface area contributed by atoms with Crippen LogP contribution in [0.5, 0.6) is 5.75 Å². The van der Waals surface area contributed by atoms with Gasteiger partial charge < -0.3 is 19.5 Å². The van der Waals surface area contributed by atoms with Gasteiger partial charge in [0.15, 0.2) is 0 Å². The lowest BCUT2D eigenvalue weighted by molar-refractivity contribution is -0.130. The molecule has 1 aliphatic rings. The van der Waals surface area contributed by atoms with E-state index in [1.54, 1.807) is 45.0 Å². The second-order valence-electron chi connectivity index (χ2n) is 8.84. The van der Waals surface area contributed by atoms with Gasteiger partial charge in [0.25, 0.3) is 0 Å². The van der Waals surface area contributed by atoms with Crippen molar-refractivity contribution in [2.45, 2.75) is 44.8 Å². The molecule has 1 heterocycles. The fourth-order valence-electron chi connectivity index (χ4n) is 3.64. The number of alkyl carbamates (subject to hydrolysis) is 1. The average Bonchev–Trinajstić information content (AvgIpc) is 3.13. The summed E-state index contributed by atoms with van der Waals surface area (Å²) in [6.07, 6.45) is -0.859. The molecule has 0 radical (unpaired) electrons. The predicted octanol–water partition coefficient (Wildman–Crippen LogP) is 3.89. The van der Waals surface area contributed by atoms with E-state index in [9.17, 15) is 14.4 Å². The van der Waals surface area contributed by atoms with Gasteiger partial charge in [-0.3, -0.25) is 4.79 Å². The molecule has 176 valence electrons. The molecule has 1 N–H and O–H groups in total. The Hall–Kier alpha value is -3.55. The van der Waals surface area contributed by atoms with Crippen LogP contribution in [0.2, 0.25) is 0 Å². The molecular weight excluding hydrogens is 424 g/mol. The van der Waals surface area contributed by atoms with Crippen LogP contribution in [0.4, 0.5) is 9.59 Å². The summed E-state index contributed by atoms with van der Waals surface area (Å²) in [5.41, 5.74) is 0.913. The number of cyclic esters (lactones) is 1. The molecule has 0 aromatic heterocycles. The van der Waals surface area contributed by atoms with Crippen LogP contribution in [0.15, 0.2) is 54.6 Å². The zero-order valence-corrected chi connectivity index (χ0v) is 19.4. The summed E-state index contributed by atoms with van der Waals surface area (Å²) in [4.78, 5) is 39.6. The SMILES string of the molecule is COc1cccc([C@@H](CNC(=O)OC(C)(C)C)C(=O)N2C(=O)OC[C@H]2Cc2ccccc2)c1. The van der Waals surface area contributed by atoms with Crippen molar-refractivity contribution in [1.29, 1.82) is 0 Å². The Morgan fingerprint density at radius 3 is 2.55 bits per heavy atom. The minimum Gasteiger partial charge on any atom is -0.497 e. The number of nitrogens with zero attached hydrogens (tertiary/aromatic N) is 1. The highest BCUT2D eigenvalue weighted by Crippen LogP contribution is 2.27. The van der Waals surface area contributed by atoms with E-state index in [0.29, 0.717) is 17.7 Å². The predicted molar refractivity (Wildman–Crippen MR) is 122 cm³/mol. The molecule has 3 amide bonds. The zero-order chi connectivity index (χ0) is 24.0. The summed E-state index contributed by atoms with van der Waals surface area (Å²) in [5.74, 6) is -0.730. The van der Waals surface area contributed by atoms with Gasteiger partial charge in [-0.15, -0.1) is 0 Å². The van der Waals surface area contributed by atoms with Crippen molar-refractivity contribution in [1.82, 2.24) is 10.2 Å². The van der Waals surface area contributed by atoms with E-state index in [2.05, 4.69) is 5.32 Å². The smallest absolute Gasteiger partial charge is 0.417 e. The van der Waals surface area contributed by atoms with Crippen LogP contribution in [0.25, 0.3) is 0 Å². The first-order valence-electron chi connectivity index (χ1n) is 10.8. The van der Waals surface area contributed by atoms with E-state index in [-0.39, 0.29) is 13.2 Å². The number of hydrogen-bond donors (Lipinski definition) is 1. The summed E-state index contributed by atoms with van der Waals surface area (Å²) < 4.78 is 15.8. The summed E-state index contributed by atoms with van der Waals surface area (Å²) in [6.45, 7) is 5.33. The molecule has 1 aliphatic heterocycles. The topological polar surface area (TPSA) is 94.2 Å². The number of carbonyl (C=O) groups excluding carboxylic acids is 3. The zero-order valence-electron chi connectivity index (χ0n) is 19.4. The highest BCUT2D eigenvalue weighted by atomic mass is 16.6. The standard InChI is InChI=1S/C25H30N2O6/c1-25(2,3)33-23(29)26-15-21(18-11-8-12-20(14-18)31-4)22(28)27-19(16-32-24(27)30)13-17-9-6-5-7-10-17/h5-12,14,19,21H,13,15-16H2,1-4H3,(H,26,29)/t19-,21-/m1/s1. The van der Waals surface area contributed by atoms with Gasteiger partial charge in [0.05, 0.1) is 19.1 Å². The molecule has 0 unspecified atom stereocenters. The van der Waals surface area contributed by atoms with Crippen molar-refractivity contribution in [3.8, 4) is 5.75 Å². The number of amides is 3. The van der Waals surface area contributed by atoms with E-state index in [1.165, 1.54) is 7.11 Å². The van der Waals surface area contributed by atoms with Crippen molar-refractivity contribution in [2.75, 3.05) is 20.3 Å².